The van der Waals surface area contributed by atoms with Crippen LogP contribution in [-0.4, -0.2) is 37.9 Å². The lowest BCUT2D eigenvalue weighted by Crippen LogP contribution is -2.24. The average Bonchev–Trinajstić information content (AvgIpc) is 3.50. The van der Waals surface area contributed by atoms with E-state index >= 15 is 0 Å². The number of ketones is 1. The van der Waals surface area contributed by atoms with Gasteiger partial charge in [-0.1, -0.05) is 50.1 Å². The van der Waals surface area contributed by atoms with Gasteiger partial charge in [-0.15, -0.1) is 0 Å². The molecule has 172 valence electrons. The summed E-state index contributed by atoms with van der Waals surface area (Å²) in [5.74, 6) is 1.18. The molecule has 2 aromatic heterocycles. The van der Waals surface area contributed by atoms with Gasteiger partial charge < -0.3 is 5.32 Å². The molecule has 0 fully saturated rings. The number of hydrogen-bond donors (Lipinski definition) is 1. The number of rotatable bonds is 12. The summed E-state index contributed by atoms with van der Waals surface area (Å²) in [6.45, 7) is 3.68. The summed E-state index contributed by atoms with van der Waals surface area (Å²) in [7, 11) is 0. The number of anilines is 1. The molecule has 1 aliphatic heterocycles. The van der Waals surface area contributed by atoms with Gasteiger partial charge in [0.15, 0.2) is 5.78 Å². The number of fused-ring (bicyclic) bond motifs is 1. The third-order valence-electron chi connectivity index (χ3n) is 5.77. The van der Waals surface area contributed by atoms with Crippen LogP contribution in [0.5, 0.6) is 0 Å². The number of nitrogens with one attached hydrogen (secondary N) is 1. The van der Waals surface area contributed by atoms with Gasteiger partial charge in [0.2, 0.25) is 5.95 Å². The predicted molar refractivity (Wildman–Crippen MR) is 130 cm³/mol. The average molecular weight is 447 g/mol. The molecule has 0 saturated carbocycles. The van der Waals surface area contributed by atoms with Gasteiger partial charge in [0.25, 0.3) is 5.56 Å². The van der Waals surface area contributed by atoms with Crippen LogP contribution in [0.15, 0.2) is 52.5 Å². The lowest BCUT2D eigenvalue weighted by molar-refractivity contribution is -0.117. The Morgan fingerprint density at radius 2 is 1.94 bits per heavy atom. The highest BCUT2D eigenvalue weighted by atomic mass is 16.1. The molecule has 3 heterocycles. The van der Waals surface area contributed by atoms with Gasteiger partial charge in [-0.05, 0) is 18.4 Å². The maximum atomic E-state index is 12.5. The largest absolute Gasteiger partial charge is 0.348 e. The van der Waals surface area contributed by atoms with Crippen LogP contribution >= 0.6 is 0 Å². The van der Waals surface area contributed by atoms with Crippen LogP contribution in [0.25, 0.3) is 11.1 Å². The summed E-state index contributed by atoms with van der Waals surface area (Å²) in [5, 5.41) is 7.49. The zero-order chi connectivity index (χ0) is 23.0. The monoisotopic (exact) mass is 446 g/mol. The van der Waals surface area contributed by atoms with Gasteiger partial charge >= 0.3 is 0 Å². The summed E-state index contributed by atoms with van der Waals surface area (Å²) in [6.07, 6.45) is 10.4. The Labute approximate surface area is 193 Å². The highest BCUT2D eigenvalue weighted by Crippen LogP contribution is 2.24. The lowest BCUT2D eigenvalue weighted by atomic mass is 10.1. The molecule has 33 heavy (non-hydrogen) atoms. The highest BCUT2D eigenvalue weighted by molar-refractivity contribution is 5.82. The molecule has 0 unspecified atom stereocenters. The third-order valence-corrected chi connectivity index (χ3v) is 5.77. The molecule has 1 N–H and O–H groups in total. The van der Waals surface area contributed by atoms with Crippen molar-refractivity contribution in [3.63, 3.8) is 0 Å². The fourth-order valence-corrected chi connectivity index (χ4v) is 3.97. The number of carbonyl (C=O) groups excluding carboxylic acids is 1. The smallest absolute Gasteiger partial charge is 0.280 e. The molecule has 3 aromatic rings. The van der Waals surface area contributed by atoms with Crippen LogP contribution in [0.2, 0.25) is 0 Å². The molecule has 4 rings (SSSR count). The molecule has 8 nitrogen and oxygen atoms in total. The van der Waals surface area contributed by atoms with E-state index in [1.165, 1.54) is 0 Å². The minimum Gasteiger partial charge on any atom is -0.348 e. The number of carbonyl (C=O) groups is 1. The first-order chi connectivity index (χ1) is 16.2. The molecule has 1 aromatic carbocycles. The number of benzene rings is 1. The van der Waals surface area contributed by atoms with Crippen molar-refractivity contribution in [2.24, 2.45) is 4.99 Å². The normalized spacial score (nSPS) is 12.2. The van der Waals surface area contributed by atoms with Crippen LogP contribution in [-0.2, 0) is 24.3 Å². The number of hydrogen-bond acceptors (Lipinski definition) is 6. The highest BCUT2D eigenvalue weighted by Gasteiger charge is 2.19. The van der Waals surface area contributed by atoms with E-state index in [2.05, 4.69) is 39.4 Å². The lowest BCUT2D eigenvalue weighted by Gasteiger charge is -2.16. The Balaban J connectivity index is 1.31. The number of unbranched alkanes of at least 4 members (excludes halogenated alkanes) is 2. The molecule has 0 saturated heterocycles. The second-order valence-electron chi connectivity index (χ2n) is 8.27. The van der Waals surface area contributed by atoms with Gasteiger partial charge in [-0.2, -0.15) is 10.1 Å². The molecule has 0 bridgehead atoms. The first kappa shape index (κ1) is 22.6. The minimum atomic E-state index is -0.267. The molecule has 1 aliphatic rings. The van der Waals surface area contributed by atoms with Crippen molar-refractivity contribution in [1.82, 2.24) is 19.3 Å². The Morgan fingerprint density at radius 1 is 1.09 bits per heavy atom. The molecule has 0 radical (unpaired) electrons. The van der Waals surface area contributed by atoms with Gasteiger partial charge in [-0.25, -0.2) is 4.99 Å². The van der Waals surface area contributed by atoms with E-state index in [-0.39, 0.29) is 17.9 Å². The van der Waals surface area contributed by atoms with Crippen LogP contribution < -0.4 is 10.9 Å². The predicted octanol–water partition coefficient (Wildman–Crippen LogP) is 4.02. The number of aliphatic imine (C=N–C) groups is 1. The second-order valence-corrected chi connectivity index (χ2v) is 8.27. The van der Waals surface area contributed by atoms with E-state index in [0.29, 0.717) is 43.1 Å². The van der Waals surface area contributed by atoms with E-state index in [4.69, 9.17) is 0 Å². The van der Waals surface area contributed by atoms with Gasteiger partial charge in [-0.3, -0.25) is 18.8 Å². The fourth-order valence-electron chi connectivity index (χ4n) is 3.97. The van der Waals surface area contributed by atoms with Crippen molar-refractivity contribution in [1.29, 1.82) is 0 Å². The van der Waals surface area contributed by atoms with Gasteiger partial charge in [0, 0.05) is 43.9 Å². The third kappa shape index (κ3) is 5.63. The molecule has 0 amide bonds. The summed E-state index contributed by atoms with van der Waals surface area (Å²) in [4.78, 5) is 33.4. The van der Waals surface area contributed by atoms with E-state index in [9.17, 15) is 9.59 Å². The number of nitrogens with zero attached hydrogens (tertiary/aromatic N) is 5. The van der Waals surface area contributed by atoms with Crippen molar-refractivity contribution in [2.45, 2.75) is 58.5 Å². The fraction of sp³-hybridized carbons (Fsp3) is 0.400. The number of aryl methyl sites for hydroxylation is 1. The zero-order valence-electron chi connectivity index (χ0n) is 19.0. The van der Waals surface area contributed by atoms with Crippen molar-refractivity contribution < 1.29 is 4.79 Å². The first-order valence-corrected chi connectivity index (χ1v) is 11.7. The summed E-state index contributed by atoms with van der Waals surface area (Å²) < 4.78 is 3.81. The number of Topliss-reactive ketones (excluding diaryl/α,β-unsaturated/α-hetero) is 1. The molecular weight excluding hydrogens is 416 g/mol. The summed E-state index contributed by atoms with van der Waals surface area (Å²) >= 11 is 0. The second kappa shape index (κ2) is 10.8. The van der Waals surface area contributed by atoms with Crippen LogP contribution in [0.1, 0.15) is 44.6 Å². The van der Waals surface area contributed by atoms with Crippen molar-refractivity contribution in [2.75, 3.05) is 11.9 Å². The Hall–Kier alpha value is -3.55. The van der Waals surface area contributed by atoms with Crippen LogP contribution in [0.3, 0.4) is 0 Å². The molecular formula is C25H30N6O2. The van der Waals surface area contributed by atoms with Crippen LogP contribution in [0.4, 0.5) is 11.8 Å². The quantitative estimate of drug-likeness (QED) is 0.424. The van der Waals surface area contributed by atoms with E-state index in [1.807, 2.05) is 39.8 Å². The standard InChI is InChI=1S/C25H30N6O2/c1-2-3-7-15-31-23-22(12-13-26-23)24(33)29-25(31)27-17-21(32)11-8-14-30-18-20(16-28-30)19-9-5-4-6-10-19/h4-6,9-10,13,16,18H,2-3,7-8,11-12,14-15,17H2,1H3,(H,27,29,33). The van der Waals surface area contributed by atoms with Gasteiger partial charge in [0.1, 0.15) is 5.82 Å². The van der Waals surface area contributed by atoms with Crippen molar-refractivity contribution in [3.05, 3.63) is 58.6 Å². The maximum absolute atomic E-state index is 12.5. The SMILES string of the molecule is CCCCCn1c(NCC(=O)CCCn2cc(-c3ccccc3)cn2)nc(=O)c2c1N=CC2. The van der Waals surface area contributed by atoms with E-state index in [1.54, 1.807) is 6.21 Å². The van der Waals surface area contributed by atoms with Crippen molar-refractivity contribution >= 4 is 23.8 Å². The van der Waals surface area contributed by atoms with Crippen LogP contribution in [0, 0.1) is 0 Å². The first-order valence-electron chi connectivity index (χ1n) is 11.7. The van der Waals surface area contributed by atoms with E-state index in [0.717, 1.165) is 36.9 Å². The van der Waals surface area contributed by atoms with Crippen molar-refractivity contribution in [3.8, 4) is 11.1 Å². The Morgan fingerprint density at radius 3 is 2.76 bits per heavy atom. The maximum Gasteiger partial charge on any atom is 0.280 e. The zero-order valence-corrected chi connectivity index (χ0v) is 19.0. The molecule has 0 aliphatic carbocycles. The number of aromatic nitrogens is 4. The molecule has 0 atom stereocenters. The molecule has 8 heteroatoms. The topological polar surface area (TPSA) is 94.2 Å². The Bertz CT molecular complexity index is 1180. The molecule has 0 spiro atoms. The Kier molecular flexibility index (Phi) is 7.44. The summed E-state index contributed by atoms with van der Waals surface area (Å²) in [6, 6.07) is 10.1. The summed E-state index contributed by atoms with van der Waals surface area (Å²) in [5.41, 5.74) is 2.56. The minimum absolute atomic E-state index is 0.0730. The van der Waals surface area contributed by atoms with E-state index < -0.39 is 0 Å². The van der Waals surface area contributed by atoms with Gasteiger partial charge in [0.05, 0.1) is 18.3 Å².